The molecule has 0 aliphatic rings. The minimum atomic E-state index is -0.894. The number of anilines is 1. The van der Waals surface area contributed by atoms with Gasteiger partial charge in [0.2, 0.25) is 0 Å². The third kappa shape index (κ3) is 5.89. The van der Waals surface area contributed by atoms with Gasteiger partial charge in [-0.1, -0.05) is 32.4 Å². The number of carbonyl (C=O) groups is 2. The molecular weight excluding hydrogens is 318 g/mol. The largest absolute Gasteiger partial charge is 0.393 e. The fraction of sp³-hybridized carbons (Fsp3) is 0.438. The molecule has 1 aromatic rings. The zero-order valence-corrected chi connectivity index (χ0v) is 14.1. The maximum Gasteiger partial charge on any atom is 0.313 e. The van der Waals surface area contributed by atoms with E-state index in [9.17, 15) is 14.7 Å². The monoisotopic (exact) mass is 337 g/mol. The number of benzene rings is 1. The van der Waals surface area contributed by atoms with Crippen LogP contribution >= 0.6 is 11.6 Å². The number of nitriles is 1. The molecule has 7 heteroatoms. The summed E-state index contributed by atoms with van der Waals surface area (Å²) in [6.45, 7) is 5.82. The van der Waals surface area contributed by atoms with Gasteiger partial charge in [-0.2, -0.15) is 5.26 Å². The van der Waals surface area contributed by atoms with Crippen molar-refractivity contribution in [3.05, 3.63) is 28.8 Å². The van der Waals surface area contributed by atoms with Crippen LogP contribution < -0.4 is 10.6 Å². The summed E-state index contributed by atoms with van der Waals surface area (Å²) >= 11 is 5.81. The van der Waals surface area contributed by atoms with E-state index in [1.165, 1.54) is 18.2 Å². The molecule has 0 aliphatic heterocycles. The second-order valence-corrected chi connectivity index (χ2v) is 6.62. The van der Waals surface area contributed by atoms with Crippen molar-refractivity contribution in [1.82, 2.24) is 5.32 Å². The zero-order chi connectivity index (χ0) is 17.6. The summed E-state index contributed by atoms with van der Waals surface area (Å²) in [5.74, 6) is -1.73. The summed E-state index contributed by atoms with van der Waals surface area (Å²) in [5, 5.41) is 24.0. The molecule has 124 valence electrons. The Morgan fingerprint density at radius 1 is 1.35 bits per heavy atom. The molecule has 1 rings (SSSR count). The number of nitrogens with one attached hydrogen (secondary N) is 2. The Kier molecular flexibility index (Phi) is 6.55. The van der Waals surface area contributed by atoms with Crippen LogP contribution in [0.25, 0.3) is 0 Å². The molecule has 0 saturated carbocycles. The van der Waals surface area contributed by atoms with Crippen molar-refractivity contribution in [2.45, 2.75) is 33.3 Å². The van der Waals surface area contributed by atoms with Gasteiger partial charge in [0.15, 0.2) is 0 Å². The summed E-state index contributed by atoms with van der Waals surface area (Å²) in [6.07, 6.45) is -0.257. The van der Waals surface area contributed by atoms with Crippen LogP contribution in [0.4, 0.5) is 5.69 Å². The quantitative estimate of drug-likeness (QED) is 0.732. The van der Waals surface area contributed by atoms with Gasteiger partial charge in [0, 0.05) is 11.6 Å². The molecule has 0 heterocycles. The van der Waals surface area contributed by atoms with E-state index in [-0.39, 0.29) is 23.2 Å². The zero-order valence-electron chi connectivity index (χ0n) is 13.3. The van der Waals surface area contributed by atoms with Crippen LogP contribution in [0.5, 0.6) is 0 Å². The van der Waals surface area contributed by atoms with Crippen molar-refractivity contribution in [3.63, 3.8) is 0 Å². The van der Waals surface area contributed by atoms with Crippen LogP contribution in [-0.2, 0) is 9.59 Å². The van der Waals surface area contributed by atoms with Crippen molar-refractivity contribution in [1.29, 1.82) is 5.26 Å². The van der Waals surface area contributed by atoms with Gasteiger partial charge in [0.05, 0.1) is 17.4 Å². The van der Waals surface area contributed by atoms with Crippen molar-refractivity contribution in [2.75, 3.05) is 11.9 Å². The van der Waals surface area contributed by atoms with Crippen LogP contribution in [0.1, 0.15) is 32.8 Å². The Balaban J connectivity index is 2.57. The summed E-state index contributed by atoms with van der Waals surface area (Å²) in [6, 6.07) is 6.27. The molecule has 1 aromatic carbocycles. The lowest BCUT2D eigenvalue weighted by atomic mass is 9.87. The Morgan fingerprint density at radius 3 is 2.57 bits per heavy atom. The van der Waals surface area contributed by atoms with Crippen LogP contribution in [0, 0.1) is 16.7 Å². The van der Waals surface area contributed by atoms with Gasteiger partial charge in [-0.05, 0) is 30.0 Å². The van der Waals surface area contributed by atoms with Gasteiger partial charge in [0.25, 0.3) is 0 Å². The van der Waals surface area contributed by atoms with Gasteiger partial charge in [-0.25, -0.2) is 0 Å². The van der Waals surface area contributed by atoms with Crippen LogP contribution in [0.2, 0.25) is 5.02 Å². The molecule has 0 saturated heterocycles. The first-order valence-corrected chi connectivity index (χ1v) is 7.50. The van der Waals surface area contributed by atoms with E-state index in [4.69, 9.17) is 16.9 Å². The average Bonchev–Trinajstić information content (AvgIpc) is 2.46. The van der Waals surface area contributed by atoms with Gasteiger partial charge in [-0.3, -0.25) is 9.59 Å². The first-order chi connectivity index (χ1) is 10.6. The highest BCUT2D eigenvalue weighted by atomic mass is 35.5. The molecular formula is C16H20ClN3O3. The summed E-state index contributed by atoms with van der Waals surface area (Å²) in [5.41, 5.74) is 0.0868. The molecule has 0 aromatic heterocycles. The van der Waals surface area contributed by atoms with Crippen LogP contribution in [0.15, 0.2) is 18.2 Å². The fourth-order valence-electron chi connectivity index (χ4n) is 1.73. The first-order valence-electron chi connectivity index (χ1n) is 7.12. The number of amides is 2. The van der Waals surface area contributed by atoms with Crippen molar-refractivity contribution >= 4 is 29.1 Å². The van der Waals surface area contributed by atoms with Crippen LogP contribution in [-0.4, -0.2) is 29.6 Å². The van der Waals surface area contributed by atoms with Crippen molar-refractivity contribution in [2.24, 2.45) is 5.41 Å². The number of aliphatic hydroxyl groups is 1. The topological polar surface area (TPSA) is 102 Å². The minimum Gasteiger partial charge on any atom is -0.393 e. The maximum absolute atomic E-state index is 11.8. The Labute approximate surface area is 140 Å². The molecule has 23 heavy (non-hydrogen) atoms. The molecule has 3 N–H and O–H groups in total. The highest BCUT2D eigenvalue weighted by Gasteiger charge is 2.22. The standard InChI is InChI=1S/C16H20ClN3O3/c1-16(2,3)13(21)6-7-19-14(22)15(23)20-12-8-11(17)5-4-10(12)9-18/h4-5,8,13,21H,6-7H2,1-3H3,(H,19,22)(H,20,23). The smallest absolute Gasteiger partial charge is 0.313 e. The van der Waals surface area contributed by atoms with E-state index in [2.05, 4.69) is 10.6 Å². The third-order valence-corrected chi connectivity index (χ3v) is 3.49. The van der Waals surface area contributed by atoms with Gasteiger partial charge in [-0.15, -0.1) is 0 Å². The number of carbonyl (C=O) groups excluding carboxylic acids is 2. The summed E-state index contributed by atoms with van der Waals surface area (Å²) < 4.78 is 0. The van der Waals surface area contributed by atoms with Gasteiger partial charge < -0.3 is 15.7 Å². The molecule has 0 radical (unpaired) electrons. The normalized spacial score (nSPS) is 12.2. The lowest BCUT2D eigenvalue weighted by Crippen LogP contribution is -2.38. The van der Waals surface area contributed by atoms with E-state index in [0.29, 0.717) is 11.4 Å². The molecule has 0 bridgehead atoms. The molecule has 2 amide bonds. The molecule has 0 spiro atoms. The first kappa shape index (κ1) is 18.9. The number of hydrogen-bond acceptors (Lipinski definition) is 4. The molecule has 0 aliphatic carbocycles. The number of hydrogen-bond donors (Lipinski definition) is 3. The lowest BCUT2D eigenvalue weighted by molar-refractivity contribution is -0.136. The SMILES string of the molecule is CC(C)(C)C(O)CCNC(=O)C(=O)Nc1cc(Cl)ccc1C#N. The van der Waals surface area contributed by atoms with Crippen molar-refractivity contribution < 1.29 is 14.7 Å². The Hall–Kier alpha value is -2.10. The number of nitrogens with zero attached hydrogens (tertiary/aromatic N) is 1. The molecule has 6 nitrogen and oxygen atoms in total. The van der Waals surface area contributed by atoms with Crippen molar-refractivity contribution in [3.8, 4) is 6.07 Å². The van der Waals surface area contributed by atoms with E-state index in [1.807, 2.05) is 26.8 Å². The highest BCUT2D eigenvalue weighted by molar-refractivity contribution is 6.40. The third-order valence-electron chi connectivity index (χ3n) is 3.26. The predicted molar refractivity (Wildman–Crippen MR) is 87.9 cm³/mol. The van der Waals surface area contributed by atoms with E-state index in [0.717, 1.165) is 0 Å². The van der Waals surface area contributed by atoms with E-state index in [1.54, 1.807) is 0 Å². The average molecular weight is 338 g/mol. The highest BCUT2D eigenvalue weighted by Crippen LogP contribution is 2.21. The van der Waals surface area contributed by atoms with E-state index < -0.39 is 17.9 Å². The minimum absolute atomic E-state index is 0.172. The Bertz CT molecular complexity index is 632. The lowest BCUT2D eigenvalue weighted by Gasteiger charge is -2.25. The summed E-state index contributed by atoms with van der Waals surface area (Å²) in [7, 11) is 0. The number of rotatable bonds is 4. The second kappa shape index (κ2) is 7.95. The van der Waals surface area contributed by atoms with Gasteiger partial charge >= 0.3 is 11.8 Å². The Morgan fingerprint density at radius 2 is 2.00 bits per heavy atom. The maximum atomic E-state index is 11.8. The van der Waals surface area contributed by atoms with Crippen LogP contribution in [0.3, 0.4) is 0 Å². The number of halogens is 1. The summed E-state index contributed by atoms with van der Waals surface area (Å²) in [4.78, 5) is 23.6. The number of aliphatic hydroxyl groups excluding tert-OH is 1. The molecule has 0 fully saturated rings. The molecule has 1 unspecified atom stereocenters. The van der Waals surface area contributed by atoms with E-state index >= 15 is 0 Å². The molecule has 1 atom stereocenters. The predicted octanol–water partition coefficient (Wildman–Crippen LogP) is 2.06. The van der Waals surface area contributed by atoms with Gasteiger partial charge in [0.1, 0.15) is 6.07 Å². The second-order valence-electron chi connectivity index (χ2n) is 6.18. The fourth-order valence-corrected chi connectivity index (χ4v) is 1.90.